The van der Waals surface area contributed by atoms with E-state index in [1.165, 1.54) is 18.5 Å². The summed E-state index contributed by atoms with van der Waals surface area (Å²) in [7, 11) is 0. The fourth-order valence-electron chi connectivity index (χ4n) is 4.75. The zero-order valence-corrected chi connectivity index (χ0v) is 21.9. The maximum absolute atomic E-state index is 15.1. The molecular formula is C27H25F5N8O2. The highest BCUT2D eigenvalue weighted by molar-refractivity contribution is 6.00. The molecule has 5 N–H and O–H groups in total. The number of benzene rings is 2. The molecule has 15 heteroatoms. The van der Waals surface area contributed by atoms with Crippen molar-refractivity contribution in [2.24, 2.45) is 0 Å². The summed E-state index contributed by atoms with van der Waals surface area (Å²) in [5, 5.41) is 11.2. The number of nitrogens with zero attached hydrogens (tertiary/aromatic N) is 4. The molecule has 3 heterocycles. The average Bonchev–Trinajstić information content (AvgIpc) is 3.30. The van der Waals surface area contributed by atoms with Crippen LogP contribution in [0.25, 0.3) is 16.6 Å². The number of nitrogen functional groups attached to an aromatic ring is 1. The predicted octanol–water partition coefficient (Wildman–Crippen LogP) is 4.28. The van der Waals surface area contributed by atoms with Crippen LogP contribution in [0, 0.1) is 11.6 Å². The van der Waals surface area contributed by atoms with Crippen LogP contribution in [0.2, 0.25) is 0 Å². The number of aromatic nitrogens is 3. The summed E-state index contributed by atoms with van der Waals surface area (Å²) >= 11 is 0. The quantitative estimate of drug-likeness (QED) is 0.239. The van der Waals surface area contributed by atoms with Crippen LogP contribution in [0.4, 0.5) is 43.9 Å². The van der Waals surface area contributed by atoms with E-state index >= 15 is 4.39 Å². The highest BCUT2D eigenvalue weighted by Gasteiger charge is 2.31. The molecule has 0 unspecified atom stereocenters. The molecule has 2 aromatic carbocycles. The average molecular weight is 589 g/mol. The topological polar surface area (TPSA) is 130 Å². The number of halogens is 5. The Kier molecular flexibility index (Phi) is 7.93. The van der Waals surface area contributed by atoms with Gasteiger partial charge in [-0.3, -0.25) is 9.69 Å². The maximum Gasteiger partial charge on any atom is 0.416 e. The number of nitrogens with one attached hydrogen (secondary N) is 3. The van der Waals surface area contributed by atoms with Gasteiger partial charge >= 0.3 is 12.2 Å². The van der Waals surface area contributed by atoms with Crippen molar-refractivity contribution in [3.63, 3.8) is 0 Å². The standard InChI is InChI=1S/C27H25F5N8O2/c28-19-5-4-16(27(30,31)32)11-22(19)38-26(42)37-21-6-3-15(10-20(21)29)18-12-17(40-24(18)25(33)35-14-36-40)2-1-8-39-9-7-34-23(41)13-39/h3-6,10-12,14H,1-2,7-9,13H2,(H,34,41)(H2,33,35,36)(H2,37,38,42). The number of carbonyl (C=O) groups excluding carboxylic acids is 2. The first-order valence-corrected chi connectivity index (χ1v) is 12.8. The second-order valence-corrected chi connectivity index (χ2v) is 9.65. The Morgan fingerprint density at radius 2 is 1.83 bits per heavy atom. The fraction of sp³-hybridized carbons (Fsp3) is 0.259. The summed E-state index contributed by atoms with van der Waals surface area (Å²) in [6.45, 7) is 2.38. The van der Waals surface area contributed by atoms with E-state index in [4.69, 9.17) is 5.73 Å². The van der Waals surface area contributed by atoms with Gasteiger partial charge in [-0.1, -0.05) is 6.07 Å². The smallest absolute Gasteiger partial charge is 0.382 e. The van der Waals surface area contributed by atoms with E-state index in [9.17, 15) is 27.2 Å². The van der Waals surface area contributed by atoms with Crippen LogP contribution >= 0.6 is 0 Å². The van der Waals surface area contributed by atoms with Crippen LogP contribution in [-0.4, -0.2) is 57.6 Å². The van der Waals surface area contributed by atoms with Crippen LogP contribution in [-0.2, 0) is 17.4 Å². The van der Waals surface area contributed by atoms with E-state index < -0.39 is 35.1 Å². The SMILES string of the molecule is Nc1ncnn2c(CCCN3CCNC(=O)C3)cc(-c3ccc(NC(=O)Nc4cc(C(F)(F)F)ccc4F)c(F)c3)c12. The fourth-order valence-corrected chi connectivity index (χ4v) is 4.75. The molecule has 0 atom stereocenters. The molecule has 0 radical (unpaired) electrons. The number of amides is 3. The molecule has 220 valence electrons. The van der Waals surface area contributed by atoms with Gasteiger partial charge in [-0.2, -0.15) is 18.3 Å². The molecule has 10 nitrogen and oxygen atoms in total. The molecule has 1 aliphatic rings. The Bertz CT molecular complexity index is 1660. The lowest BCUT2D eigenvalue weighted by Crippen LogP contribution is -2.47. The summed E-state index contributed by atoms with van der Waals surface area (Å²) in [6.07, 6.45) is -2.12. The van der Waals surface area contributed by atoms with E-state index in [1.807, 2.05) is 11.4 Å². The lowest BCUT2D eigenvalue weighted by atomic mass is 10.1. The summed E-state index contributed by atoms with van der Waals surface area (Å²) in [6, 6.07) is 6.16. The van der Waals surface area contributed by atoms with E-state index in [2.05, 4.69) is 25.6 Å². The summed E-state index contributed by atoms with van der Waals surface area (Å²) in [5.41, 5.74) is 6.18. The van der Waals surface area contributed by atoms with Gasteiger partial charge in [0.25, 0.3) is 0 Å². The summed E-state index contributed by atoms with van der Waals surface area (Å²) in [5.74, 6) is -1.79. The van der Waals surface area contributed by atoms with Crippen molar-refractivity contribution in [2.45, 2.75) is 19.0 Å². The third-order valence-electron chi connectivity index (χ3n) is 6.75. The lowest BCUT2D eigenvalue weighted by molar-refractivity contribution is -0.137. The van der Waals surface area contributed by atoms with E-state index in [0.29, 0.717) is 60.9 Å². The minimum atomic E-state index is -4.74. The van der Waals surface area contributed by atoms with Crippen LogP contribution < -0.4 is 21.7 Å². The highest BCUT2D eigenvalue weighted by atomic mass is 19.4. The number of fused-ring (bicyclic) bond motifs is 1. The number of rotatable bonds is 7. The Morgan fingerprint density at radius 1 is 1.05 bits per heavy atom. The number of alkyl halides is 3. The zero-order valence-electron chi connectivity index (χ0n) is 21.9. The first kappa shape index (κ1) is 28.7. The molecule has 42 heavy (non-hydrogen) atoms. The molecule has 5 rings (SSSR count). The van der Waals surface area contributed by atoms with Crippen molar-refractivity contribution in [2.75, 3.05) is 42.5 Å². The van der Waals surface area contributed by atoms with Crippen LogP contribution in [0.3, 0.4) is 0 Å². The number of aryl methyl sites for hydroxylation is 1. The zero-order chi connectivity index (χ0) is 30.0. The van der Waals surface area contributed by atoms with Gasteiger partial charge in [0.05, 0.1) is 23.5 Å². The summed E-state index contributed by atoms with van der Waals surface area (Å²) in [4.78, 5) is 30.1. The lowest BCUT2D eigenvalue weighted by Gasteiger charge is -2.26. The van der Waals surface area contributed by atoms with Crippen molar-refractivity contribution in [3.8, 4) is 11.1 Å². The molecular weight excluding hydrogens is 563 g/mol. The van der Waals surface area contributed by atoms with Gasteiger partial charge in [0.15, 0.2) is 5.82 Å². The van der Waals surface area contributed by atoms with Gasteiger partial charge in [-0.05, 0) is 61.3 Å². The molecule has 1 fully saturated rings. The molecule has 4 aromatic rings. The number of nitrogens with two attached hydrogens (primary N) is 1. The van der Waals surface area contributed by atoms with Gasteiger partial charge in [0.2, 0.25) is 5.91 Å². The Hall–Kier alpha value is -4.79. The molecule has 0 aliphatic carbocycles. The van der Waals surface area contributed by atoms with Crippen LogP contribution in [0.1, 0.15) is 17.7 Å². The van der Waals surface area contributed by atoms with Gasteiger partial charge in [0, 0.05) is 24.3 Å². The third-order valence-corrected chi connectivity index (χ3v) is 6.75. The molecule has 3 amide bonds. The minimum absolute atomic E-state index is 0.0162. The van der Waals surface area contributed by atoms with E-state index in [-0.39, 0.29) is 17.4 Å². The van der Waals surface area contributed by atoms with Gasteiger partial charge in [-0.15, -0.1) is 0 Å². The third kappa shape index (κ3) is 6.25. The van der Waals surface area contributed by atoms with Gasteiger partial charge in [0.1, 0.15) is 23.5 Å². The molecule has 2 aromatic heterocycles. The maximum atomic E-state index is 15.1. The minimum Gasteiger partial charge on any atom is -0.382 e. The van der Waals surface area contributed by atoms with E-state index in [0.717, 1.165) is 24.7 Å². The monoisotopic (exact) mass is 588 g/mol. The van der Waals surface area contributed by atoms with Gasteiger partial charge in [-0.25, -0.2) is 23.1 Å². The number of urea groups is 1. The second kappa shape index (κ2) is 11.6. The number of piperazine rings is 1. The van der Waals surface area contributed by atoms with Crippen molar-refractivity contribution >= 4 is 34.6 Å². The van der Waals surface area contributed by atoms with Crippen LogP contribution in [0.15, 0.2) is 48.8 Å². The Balaban J connectivity index is 1.33. The molecule has 1 aliphatic heterocycles. The Labute approximate surface area is 235 Å². The predicted molar refractivity (Wildman–Crippen MR) is 145 cm³/mol. The van der Waals surface area contributed by atoms with Crippen molar-refractivity contribution in [3.05, 3.63) is 71.7 Å². The Morgan fingerprint density at radius 3 is 2.57 bits per heavy atom. The number of carbonyl (C=O) groups is 2. The van der Waals surface area contributed by atoms with E-state index in [1.54, 1.807) is 4.52 Å². The van der Waals surface area contributed by atoms with Gasteiger partial charge < -0.3 is 21.7 Å². The second-order valence-electron chi connectivity index (χ2n) is 9.65. The van der Waals surface area contributed by atoms with Crippen molar-refractivity contribution in [1.82, 2.24) is 24.8 Å². The molecule has 0 bridgehead atoms. The number of hydrogen-bond donors (Lipinski definition) is 4. The van der Waals surface area contributed by atoms with Crippen molar-refractivity contribution < 1.29 is 31.5 Å². The number of hydrogen-bond acceptors (Lipinski definition) is 6. The van der Waals surface area contributed by atoms with Crippen molar-refractivity contribution in [1.29, 1.82) is 0 Å². The normalized spacial score (nSPS) is 14.2. The van der Waals surface area contributed by atoms with Crippen LogP contribution in [0.5, 0.6) is 0 Å². The number of anilines is 3. The first-order valence-electron chi connectivity index (χ1n) is 12.8. The highest BCUT2D eigenvalue weighted by Crippen LogP contribution is 2.34. The first-order chi connectivity index (χ1) is 20.0. The molecule has 0 saturated carbocycles. The molecule has 1 saturated heterocycles. The summed E-state index contributed by atoms with van der Waals surface area (Å²) < 4.78 is 69.6. The molecule has 0 spiro atoms. The largest absolute Gasteiger partial charge is 0.416 e.